The van der Waals surface area contributed by atoms with E-state index in [-0.39, 0.29) is 24.9 Å². The molecular formula is C15H17N5O3. The van der Waals surface area contributed by atoms with E-state index < -0.39 is 6.09 Å². The summed E-state index contributed by atoms with van der Waals surface area (Å²) < 4.78 is 4.75. The fraction of sp³-hybridized carbons (Fsp3) is 0.333. The normalized spacial score (nSPS) is 12.8. The first kappa shape index (κ1) is 15.0. The number of anilines is 2. The Morgan fingerprint density at radius 3 is 3.00 bits per heavy atom. The zero-order valence-electron chi connectivity index (χ0n) is 12.7. The van der Waals surface area contributed by atoms with Crippen LogP contribution in [0.25, 0.3) is 0 Å². The second-order valence-corrected chi connectivity index (χ2v) is 5.03. The lowest BCUT2D eigenvalue weighted by Crippen LogP contribution is -2.32. The molecule has 1 aromatic heterocycles. The van der Waals surface area contributed by atoms with Gasteiger partial charge in [-0.15, -0.1) is 5.10 Å². The summed E-state index contributed by atoms with van der Waals surface area (Å²) in [6.45, 7) is 2.65. The molecule has 1 aliphatic rings. The van der Waals surface area contributed by atoms with Crippen LogP contribution in [0.15, 0.2) is 30.5 Å². The first-order chi connectivity index (χ1) is 11.2. The second-order valence-electron chi connectivity index (χ2n) is 5.03. The lowest BCUT2D eigenvalue weighted by molar-refractivity contribution is -0.119. The number of fused-ring (bicyclic) bond motifs is 1. The quantitative estimate of drug-likeness (QED) is 0.922. The summed E-state index contributed by atoms with van der Waals surface area (Å²) in [7, 11) is 0. The van der Waals surface area contributed by atoms with E-state index in [1.165, 1.54) is 16.6 Å². The van der Waals surface area contributed by atoms with Crippen LogP contribution < -0.4 is 10.2 Å². The number of para-hydroxylation sites is 1. The van der Waals surface area contributed by atoms with Crippen LogP contribution in [-0.2, 0) is 22.5 Å². The highest BCUT2D eigenvalue weighted by molar-refractivity contribution is 5.95. The van der Waals surface area contributed by atoms with E-state index in [1.807, 2.05) is 24.3 Å². The van der Waals surface area contributed by atoms with Crippen molar-refractivity contribution >= 4 is 23.5 Å². The Morgan fingerprint density at radius 2 is 2.17 bits per heavy atom. The molecule has 0 bridgehead atoms. The molecule has 8 nitrogen and oxygen atoms in total. The predicted octanol–water partition coefficient (Wildman–Crippen LogP) is 1.44. The van der Waals surface area contributed by atoms with Crippen molar-refractivity contribution in [2.45, 2.75) is 19.9 Å². The largest absolute Gasteiger partial charge is 0.450 e. The number of aromatic nitrogens is 3. The summed E-state index contributed by atoms with van der Waals surface area (Å²) in [6.07, 6.45) is 1.63. The SMILES string of the molecule is CCOC(=O)Nc1cnn(CC(=O)N2CCc3ccccc32)n1. The number of carbonyl (C=O) groups is 2. The third kappa shape index (κ3) is 3.31. The van der Waals surface area contributed by atoms with Gasteiger partial charge in [0.1, 0.15) is 6.54 Å². The molecule has 2 aromatic rings. The number of rotatable bonds is 4. The van der Waals surface area contributed by atoms with Gasteiger partial charge in [-0.3, -0.25) is 10.1 Å². The van der Waals surface area contributed by atoms with Gasteiger partial charge < -0.3 is 9.64 Å². The van der Waals surface area contributed by atoms with E-state index in [4.69, 9.17) is 4.74 Å². The molecule has 120 valence electrons. The maximum atomic E-state index is 12.4. The van der Waals surface area contributed by atoms with Gasteiger partial charge in [0.2, 0.25) is 0 Å². The lowest BCUT2D eigenvalue weighted by atomic mass is 10.2. The number of nitrogens with zero attached hydrogens (tertiary/aromatic N) is 4. The molecule has 0 fully saturated rings. The molecule has 1 aliphatic heterocycles. The van der Waals surface area contributed by atoms with Crippen LogP contribution in [0, 0.1) is 0 Å². The van der Waals surface area contributed by atoms with Crippen LogP contribution in [0.1, 0.15) is 12.5 Å². The number of benzene rings is 1. The molecule has 0 atom stereocenters. The van der Waals surface area contributed by atoms with Crippen molar-refractivity contribution < 1.29 is 14.3 Å². The van der Waals surface area contributed by atoms with E-state index in [2.05, 4.69) is 15.5 Å². The van der Waals surface area contributed by atoms with Gasteiger partial charge >= 0.3 is 6.09 Å². The van der Waals surface area contributed by atoms with Crippen molar-refractivity contribution in [3.05, 3.63) is 36.0 Å². The van der Waals surface area contributed by atoms with E-state index in [1.54, 1.807) is 11.8 Å². The Morgan fingerprint density at radius 1 is 1.35 bits per heavy atom. The molecule has 2 heterocycles. The molecule has 0 radical (unpaired) electrons. The first-order valence-corrected chi connectivity index (χ1v) is 7.39. The van der Waals surface area contributed by atoms with Crippen molar-refractivity contribution in [1.29, 1.82) is 0 Å². The standard InChI is InChI=1S/C15H17N5O3/c1-2-23-15(22)17-13-9-16-20(18-13)10-14(21)19-8-7-11-5-3-4-6-12(11)19/h3-6,9H,2,7-8,10H2,1H3,(H,17,18,22). The van der Waals surface area contributed by atoms with Gasteiger partial charge in [-0.1, -0.05) is 18.2 Å². The van der Waals surface area contributed by atoms with Gasteiger partial charge in [0.25, 0.3) is 5.91 Å². The third-order valence-corrected chi connectivity index (χ3v) is 3.51. The topological polar surface area (TPSA) is 89.3 Å². The monoisotopic (exact) mass is 315 g/mol. The number of hydrogen-bond acceptors (Lipinski definition) is 5. The highest BCUT2D eigenvalue weighted by atomic mass is 16.5. The van der Waals surface area contributed by atoms with Gasteiger partial charge in [0.05, 0.1) is 12.8 Å². The summed E-state index contributed by atoms with van der Waals surface area (Å²) in [5.41, 5.74) is 2.11. The Kier molecular flexibility index (Phi) is 4.22. The molecule has 3 rings (SSSR count). The second kappa shape index (κ2) is 6.47. The molecule has 2 amide bonds. The minimum Gasteiger partial charge on any atom is -0.450 e. The lowest BCUT2D eigenvalue weighted by Gasteiger charge is -2.16. The molecule has 23 heavy (non-hydrogen) atoms. The fourth-order valence-corrected chi connectivity index (χ4v) is 2.51. The van der Waals surface area contributed by atoms with Crippen LogP contribution in [0.3, 0.4) is 0 Å². The van der Waals surface area contributed by atoms with Gasteiger partial charge in [0, 0.05) is 12.2 Å². The highest BCUT2D eigenvalue weighted by Crippen LogP contribution is 2.27. The number of nitrogens with one attached hydrogen (secondary N) is 1. The Bertz CT molecular complexity index is 727. The number of amides is 2. The molecule has 0 saturated heterocycles. The van der Waals surface area contributed by atoms with Crippen molar-refractivity contribution in [3.8, 4) is 0 Å². The Hall–Kier alpha value is -2.90. The minimum absolute atomic E-state index is 0.0127. The number of carbonyl (C=O) groups excluding carboxylic acids is 2. The highest BCUT2D eigenvalue weighted by Gasteiger charge is 2.24. The first-order valence-electron chi connectivity index (χ1n) is 7.39. The molecule has 1 N–H and O–H groups in total. The summed E-state index contributed by atoms with van der Waals surface area (Å²) in [4.78, 5) is 26.7. The van der Waals surface area contributed by atoms with Crippen LogP contribution in [0.2, 0.25) is 0 Å². The molecule has 0 saturated carbocycles. The van der Waals surface area contributed by atoms with Gasteiger partial charge in [-0.2, -0.15) is 9.90 Å². The van der Waals surface area contributed by atoms with Crippen molar-refractivity contribution in [2.75, 3.05) is 23.4 Å². The van der Waals surface area contributed by atoms with E-state index in [9.17, 15) is 9.59 Å². The predicted molar refractivity (Wildman–Crippen MR) is 83.2 cm³/mol. The van der Waals surface area contributed by atoms with Crippen LogP contribution >= 0.6 is 0 Å². The molecule has 0 spiro atoms. The van der Waals surface area contributed by atoms with Gasteiger partial charge in [-0.05, 0) is 25.0 Å². The van der Waals surface area contributed by atoms with Crippen LogP contribution in [-0.4, -0.2) is 40.1 Å². The minimum atomic E-state index is -0.598. The fourth-order valence-electron chi connectivity index (χ4n) is 2.51. The molecular weight excluding hydrogens is 298 g/mol. The van der Waals surface area contributed by atoms with E-state index in [0.717, 1.165) is 12.1 Å². The summed E-state index contributed by atoms with van der Waals surface area (Å²) in [6, 6.07) is 7.84. The smallest absolute Gasteiger partial charge is 0.412 e. The van der Waals surface area contributed by atoms with Crippen LogP contribution in [0.5, 0.6) is 0 Å². The number of hydrogen-bond donors (Lipinski definition) is 1. The van der Waals surface area contributed by atoms with E-state index in [0.29, 0.717) is 6.54 Å². The maximum absolute atomic E-state index is 12.4. The van der Waals surface area contributed by atoms with E-state index >= 15 is 0 Å². The zero-order chi connectivity index (χ0) is 16.2. The van der Waals surface area contributed by atoms with Crippen molar-refractivity contribution in [1.82, 2.24) is 15.0 Å². The molecule has 8 heteroatoms. The summed E-state index contributed by atoms with van der Waals surface area (Å²) in [5.74, 6) is 0.159. The van der Waals surface area contributed by atoms with Gasteiger partial charge in [-0.25, -0.2) is 4.79 Å². The number of ether oxygens (including phenoxy) is 1. The maximum Gasteiger partial charge on any atom is 0.412 e. The molecule has 0 unspecified atom stereocenters. The van der Waals surface area contributed by atoms with Crippen LogP contribution in [0.4, 0.5) is 16.3 Å². The molecule has 0 aliphatic carbocycles. The molecule has 1 aromatic carbocycles. The Balaban J connectivity index is 1.63. The Labute approximate surface area is 133 Å². The summed E-state index contributed by atoms with van der Waals surface area (Å²) in [5, 5.41) is 10.5. The van der Waals surface area contributed by atoms with Gasteiger partial charge in [0.15, 0.2) is 5.82 Å². The zero-order valence-corrected chi connectivity index (χ0v) is 12.7. The summed E-state index contributed by atoms with van der Waals surface area (Å²) >= 11 is 0. The third-order valence-electron chi connectivity index (χ3n) is 3.51. The average molecular weight is 315 g/mol. The van der Waals surface area contributed by atoms with Crippen molar-refractivity contribution in [3.63, 3.8) is 0 Å². The average Bonchev–Trinajstić information content (AvgIpc) is 3.14. The van der Waals surface area contributed by atoms with Crippen molar-refractivity contribution in [2.24, 2.45) is 0 Å².